The largest absolute Gasteiger partial charge is 0.504 e. The van der Waals surface area contributed by atoms with Gasteiger partial charge in [0, 0.05) is 23.5 Å². The molecule has 0 unspecified atom stereocenters. The van der Waals surface area contributed by atoms with E-state index in [1.807, 2.05) is 0 Å². The number of aromatic nitrogens is 1. The van der Waals surface area contributed by atoms with Crippen LogP contribution in [0, 0.1) is 12.7 Å². The van der Waals surface area contributed by atoms with Crippen LogP contribution in [-0.4, -0.2) is 10.1 Å². The second-order valence-corrected chi connectivity index (χ2v) is 3.69. The molecule has 1 aromatic heterocycles. The Morgan fingerprint density at radius 3 is 2.82 bits per heavy atom. The number of aromatic hydroxyl groups is 1. The van der Waals surface area contributed by atoms with Crippen molar-refractivity contribution in [2.24, 2.45) is 0 Å². The third-order valence-corrected chi connectivity index (χ3v) is 2.43. The summed E-state index contributed by atoms with van der Waals surface area (Å²) in [5.74, 6) is -0.776. The van der Waals surface area contributed by atoms with Crippen LogP contribution in [0.4, 0.5) is 4.39 Å². The number of hydrogen-bond acceptors (Lipinski definition) is 3. The highest BCUT2D eigenvalue weighted by molar-refractivity contribution is 5.63. The molecule has 0 bridgehead atoms. The van der Waals surface area contributed by atoms with Crippen LogP contribution in [0.5, 0.6) is 5.75 Å². The molecule has 0 saturated heterocycles. The first kappa shape index (κ1) is 11.3. The molecule has 17 heavy (non-hydrogen) atoms. The van der Waals surface area contributed by atoms with E-state index in [9.17, 15) is 14.3 Å². The summed E-state index contributed by atoms with van der Waals surface area (Å²) >= 11 is 0. The lowest BCUT2D eigenvalue weighted by atomic mass is 10.1. The summed E-state index contributed by atoms with van der Waals surface area (Å²) in [5, 5.41) is 9.25. The van der Waals surface area contributed by atoms with Gasteiger partial charge in [0.2, 0.25) is 5.43 Å². The van der Waals surface area contributed by atoms with Gasteiger partial charge < -0.3 is 5.11 Å². The standard InChI is InChI=1S/C13H10FNO2/c1-8-6-15-7-10(13(8)14)9-3-2-4-11(16)12(17)5-9/h2-7H,1H3,(H,16,17). The molecule has 1 heterocycles. The van der Waals surface area contributed by atoms with Crippen molar-refractivity contribution in [2.45, 2.75) is 6.92 Å². The lowest BCUT2D eigenvalue weighted by Crippen LogP contribution is -1.95. The molecule has 3 nitrogen and oxygen atoms in total. The molecule has 4 heteroatoms. The number of rotatable bonds is 1. The summed E-state index contributed by atoms with van der Waals surface area (Å²) in [4.78, 5) is 15.3. The Labute approximate surface area is 97.2 Å². The van der Waals surface area contributed by atoms with E-state index in [4.69, 9.17) is 0 Å². The van der Waals surface area contributed by atoms with E-state index in [1.54, 1.807) is 13.0 Å². The second kappa shape index (κ2) is 4.33. The Kier molecular flexibility index (Phi) is 2.87. The summed E-state index contributed by atoms with van der Waals surface area (Å²) in [5.41, 5.74) is 0.498. The molecule has 0 spiro atoms. The number of aryl methyl sites for hydroxylation is 1. The van der Waals surface area contributed by atoms with Gasteiger partial charge in [-0.2, -0.15) is 0 Å². The molecule has 1 N–H and O–H groups in total. The molecule has 0 radical (unpaired) electrons. The van der Waals surface area contributed by atoms with Crippen LogP contribution in [0.3, 0.4) is 0 Å². The van der Waals surface area contributed by atoms with Crippen LogP contribution in [0.2, 0.25) is 0 Å². The van der Waals surface area contributed by atoms with Crippen LogP contribution < -0.4 is 5.43 Å². The van der Waals surface area contributed by atoms with Gasteiger partial charge in [0.05, 0.1) is 0 Å². The molecule has 0 atom stereocenters. The molecule has 2 aromatic rings. The molecule has 0 amide bonds. The van der Waals surface area contributed by atoms with Crippen molar-refractivity contribution < 1.29 is 9.50 Å². The Hall–Kier alpha value is -2.23. The van der Waals surface area contributed by atoms with E-state index in [0.29, 0.717) is 11.1 Å². The minimum atomic E-state index is -0.550. The minimum absolute atomic E-state index is 0.248. The maximum absolute atomic E-state index is 13.8. The smallest absolute Gasteiger partial charge is 0.220 e. The minimum Gasteiger partial charge on any atom is -0.504 e. The van der Waals surface area contributed by atoms with Crippen molar-refractivity contribution in [3.05, 3.63) is 58.3 Å². The van der Waals surface area contributed by atoms with Crippen LogP contribution in [0.15, 0.2) is 41.5 Å². The topological polar surface area (TPSA) is 50.2 Å². The molecule has 86 valence electrons. The fraction of sp³-hybridized carbons (Fsp3) is 0.0769. The molecule has 0 fully saturated rings. The third kappa shape index (κ3) is 2.15. The van der Waals surface area contributed by atoms with Gasteiger partial charge in [0.1, 0.15) is 5.82 Å². The SMILES string of the molecule is Cc1cncc(-c2cccc(O)c(=O)c2)c1F. The number of halogens is 1. The molecule has 0 saturated carbocycles. The summed E-state index contributed by atoms with van der Waals surface area (Å²) in [6.45, 7) is 1.60. The Bertz CT molecular complexity index is 626. The monoisotopic (exact) mass is 231 g/mol. The lowest BCUT2D eigenvalue weighted by molar-refractivity contribution is 0.471. The highest BCUT2D eigenvalue weighted by atomic mass is 19.1. The van der Waals surface area contributed by atoms with Crippen molar-refractivity contribution in [1.82, 2.24) is 4.98 Å². The Balaban J connectivity index is 2.70. The molecule has 0 aliphatic rings. The summed E-state index contributed by atoms with van der Waals surface area (Å²) in [6, 6.07) is 5.51. The first-order chi connectivity index (χ1) is 8.09. The Morgan fingerprint density at radius 2 is 2.06 bits per heavy atom. The summed E-state index contributed by atoms with van der Waals surface area (Å²) in [6.07, 6.45) is 2.77. The molecule has 0 aliphatic carbocycles. The maximum atomic E-state index is 13.8. The Morgan fingerprint density at radius 1 is 1.29 bits per heavy atom. The van der Waals surface area contributed by atoms with Gasteiger partial charge in [-0.25, -0.2) is 4.39 Å². The number of nitrogens with zero attached hydrogens (tertiary/aromatic N) is 1. The van der Waals surface area contributed by atoms with Crippen LogP contribution >= 0.6 is 0 Å². The number of pyridine rings is 1. The fourth-order valence-corrected chi connectivity index (χ4v) is 1.51. The average molecular weight is 231 g/mol. The highest BCUT2D eigenvalue weighted by Crippen LogP contribution is 2.22. The predicted octanol–water partition coefficient (Wildman–Crippen LogP) is 2.26. The van der Waals surface area contributed by atoms with Gasteiger partial charge in [0.25, 0.3) is 0 Å². The van der Waals surface area contributed by atoms with E-state index < -0.39 is 11.2 Å². The average Bonchev–Trinajstić information content (AvgIpc) is 2.46. The van der Waals surface area contributed by atoms with E-state index in [2.05, 4.69) is 4.98 Å². The van der Waals surface area contributed by atoms with Crippen LogP contribution in [0.25, 0.3) is 11.1 Å². The van der Waals surface area contributed by atoms with E-state index >= 15 is 0 Å². The van der Waals surface area contributed by atoms with Gasteiger partial charge in [-0.3, -0.25) is 9.78 Å². The van der Waals surface area contributed by atoms with Gasteiger partial charge >= 0.3 is 0 Å². The fourth-order valence-electron chi connectivity index (χ4n) is 1.51. The normalized spacial score (nSPS) is 10.2. The van der Waals surface area contributed by atoms with E-state index in [1.165, 1.54) is 30.6 Å². The van der Waals surface area contributed by atoms with Gasteiger partial charge in [-0.1, -0.05) is 12.1 Å². The first-order valence-corrected chi connectivity index (χ1v) is 5.03. The van der Waals surface area contributed by atoms with E-state index in [-0.39, 0.29) is 11.3 Å². The second-order valence-electron chi connectivity index (χ2n) is 3.69. The van der Waals surface area contributed by atoms with E-state index in [0.717, 1.165) is 0 Å². The van der Waals surface area contributed by atoms with Crippen LogP contribution in [0.1, 0.15) is 5.56 Å². The highest BCUT2D eigenvalue weighted by Gasteiger charge is 2.08. The quantitative estimate of drug-likeness (QED) is 0.819. The zero-order valence-corrected chi connectivity index (χ0v) is 9.14. The van der Waals surface area contributed by atoms with Gasteiger partial charge in [-0.05, 0) is 24.6 Å². The molecular formula is C13H10FNO2. The van der Waals surface area contributed by atoms with Crippen molar-refractivity contribution in [3.8, 4) is 16.9 Å². The zero-order chi connectivity index (χ0) is 12.4. The van der Waals surface area contributed by atoms with Crippen molar-refractivity contribution in [3.63, 3.8) is 0 Å². The van der Waals surface area contributed by atoms with Gasteiger partial charge in [0.15, 0.2) is 5.75 Å². The molecule has 0 aliphatic heterocycles. The van der Waals surface area contributed by atoms with Crippen molar-refractivity contribution in [2.75, 3.05) is 0 Å². The van der Waals surface area contributed by atoms with Gasteiger partial charge in [-0.15, -0.1) is 0 Å². The zero-order valence-electron chi connectivity index (χ0n) is 9.14. The summed E-state index contributed by atoms with van der Waals surface area (Å²) < 4.78 is 13.8. The van der Waals surface area contributed by atoms with Crippen molar-refractivity contribution >= 4 is 0 Å². The van der Waals surface area contributed by atoms with Crippen molar-refractivity contribution in [1.29, 1.82) is 0 Å². The third-order valence-electron chi connectivity index (χ3n) is 2.43. The maximum Gasteiger partial charge on any atom is 0.220 e. The summed E-state index contributed by atoms with van der Waals surface area (Å²) in [7, 11) is 0. The first-order valence-electron chi connectivity index (χ1n) is 5.03. The lowest BCUT2D eigenvalue weighted by Gasteiger charge is -2.02. The molecule has 2 rings (SSSR count). The van der Waals surface area contributed by atoms with Crippen LogP contribution in [-0.2, 0) is 0 Å². The molecule has 1 aromatic carbocycles. The molecular weight excluding hydrogens is 221 g/mol. The predicted molar refractivity (Wildman–Crippen MR) is 62.3 cm³/mol. The number of hydrogen-bond donors (Lipinski definition) is 1.